The molecule has 1 aromatic carbocycles. The topological polar surface area (TPSA) is 20.5 Å². The SMILES string of the molecule is Cc1nc(C2CCCN(Cc3ccc(F)cc3)C2)c2ccccn12. The van der Waals surface area contributed by atoms with E-state index in [2.05, 4.69) is 34.6 Å². The molecule has 4 rings (SSSR count). The minimum Gasteiger partial charge on any atom is -0.304 e. The van der Waals surface area contributed by atoms with Gasteiger partial charge in [0.2, 0.25) is 0 Å². The van der Waals surface area contributed by atoms with Gasteiger partial charge >= 0.3 is 0 Å². The van der Waals surface area contributed by atoms with Gasteiger partial charge in [0.1, 0.15) is 11.6 Å². The molecule has 124 valence electrons. The van der Waals surface area contributed by atoms with Crippen molar-refractivity contribution in [2.75, 3.05) is 13.1 Å². The molecule has 1 saturated heterocycles. The summed E-state index contributed by atoms with van der Waals surface area (Å²) in [5.41, 5.74) is 3.61. The number of likely N-dealkylation sites (tertiary alicyclic amines) is 1. The summed E-state index contributed by atoms with van der Waals surface area (Å²) >= 11 is 0. The van der Waals surface area contributed by atoms with Gasteiger partial charge in [0.25, 0.3) is 0 Å². The Morgan fingerprint density at radius 3 is 2.83 bits per heavy atom. The lowest BCUT2D eigenvalue weighted by atomic mass is 9.93. The minimum atomic E-state index is -0.171. The maximum Gasteiger partial charge on any atom is 0.123 e. The predicted molar refractivity (Wildman–Crippen MR) is 93.6 cm³/mol. The summed E-state index contributed by atoms with van der Waals surface area (Å²) < 4.78 is 15.2. The first-order chi connectivity index (χ1) is 11.7. The van der Waals surface area contributed by atoms with Crippen LogP contribution in [0, 0.1) is 12.7 Å². The lowest BCUT2D eigenvalue weighted by Gasteiger charge is -2.32. The molecule has 1 fully saturated rings. The van der Waals surface area contributed by atoms with Crippen molar-refractivity contribution in [3.8, 4) is 0 Å². The van der Waals surface area contributed by atoms with Gasteiger partial charge in [0.15, 0.2) is 0 Å². The molecule has 1 unspecified atom stereocenters. The third kappa shape index (κ3) is 2.94. The minimum absolute atomic E-state index is 0.171. The Labute approximate surface area is 141 Å². The van der Waals surface area contributed by atoms with Gasteiger partial charge in [0.05, 0.1) is 11.2 Å². The zero-order chi connectivity index (χ0) is 16.5. The van der Waals surface area contributed by atoms with Gasteiger partial charge in [-0.25, -0.2) is 9.37 Å². The highest BCUT2D eigenvalue weighted by molar-refractivity contribution is 5.54. The van der Waals surface area contributed by atoms with E-state index in [1.807, 2.05) is 18.2 Å². The summed E-state index contributed by atoms with van der Waals surface area (Å²) in [7, 11) is 0. The first kappa shape index (κ1) is 15.3. The summed E-state index contributed by atoms with van der Waals surface area (Å²) in [5.74, 6) is 1.34. The lowest BCUT2D eigenvalue weighted by molar-refractivity contribution is 0.199. The second-order valence-electron chi connectivity index (χ2n) is 6.70. The van der Waals surface area contributed by atoms with E-state index < -0.39 is 0 Å². The van der Waals surface area contributed by atoms with Crippen LogP contribution < -0.4 is 0 Å². The Bertz CT molecular complexity index is 838. The number of fused-ring (bicyclic) bond motifs is 1. The molecule has 1 aliphatic rings. The fourth-order valence-electron chi connectivity index (χ4n) is 3.79. The number of aromatic nitrogens is 2. The molecule has 0 amide bonds. The zero-order valence-electron chi connectivity index (χ0n) is 14.0. The van der Waals surface area contributed by atoms with Crippen molar-refractivity contribution in [1.29, 1.82) is 0 Å². The van der Waals surface area contributed by atoms with E-state index in [4.69, 9.17) is 4.98 Å². The Morgan fingerprint density at radius 2 is 2.00 bits per heavy atom. The van der Waals surface area contributed by atoms with Crippen LogP contribution in [0.15, 0.2) is 48.7 Å². The van der Waals surface area contributed by atoms with Crippen molar-refractivity contribution < 1.29 is 4.39 Å². The molecule has 0 N–H and O–H groups in total. The molecule has 0 spiro atoms. The maximum absolute atomic E-state index is 13.1. The second-order valence-corrected chi connectivity index (χ2v) is 6.70. The number of imidazole rings is 1. The Balaban J connectivity index is 1.55. The van der Waals surface area contributed by atoms with E-state index in [0.717, 1.165) is 25.5 Å². The lowest BCUT2D eigenvalue weighted by Crippen LogP contribution is -2.34. The standard InChI is InChI=1S/C20H22FN3/c1-15-22-20(19-6-2-3-12-24(15)19)17-5-4-11-23(14-17)13-16-7-9-18(21)10-8-16/h2-3,6-10,12,17H,4-5,11,13-14H2,1H3. The van der Waals surface area contributed by atoms with E-state index >= 15 is 0 Å². The smallest absolute Gasteiger partial charge is 0.123 e. The highest BCUT2D eigenvalue weighted by Crippen LogP contribution is 2.30. The van der Waals surface area contributed by atoms with Crippen LogP contribution in [-0.2, 0) is 6.54 Å². The van der Waals surface area contributed by atoms with Crippen molar-refractivity contribution in [2.45, 2.75) is 32.2 Å². The molecule has 3 nitrogen and oxygen atoms in total. The molecule has 24 heavy (non-hydrogen) atoms. The van der Waals surface area contributed by atoms with Crippen LogP contribution in [0.2, 0.25) is 0 Å². The van der Waals surface area contributed by atoms with Crippen molar-refractivity contribution in [3.05, 3.63) is 71.6 Å². The highest BCUT2D eigenvalue weighted by Gasteiger charge is 2.25. The number of nitrogens with zero attached hydrogens (tertiary/aromatic N) is 3. The number of pyridine rings is 1. The van der Waals surface area contributed by atoms with Crippen molar-refractivity contribution in [2.24, 2.45) is 0 Å². The molecule has 0 aliphatic carbocycles. The molecule has 2 aromatic heterocycles. The summed E-state index contributed by atoms with van der Waals surface area (Å²) in [5, 5.41) is 0. The molecule has 1 aliphatic heterocycles. The van der Waals surface area contributed by atoms with Gasteiger partial charge in [-0.2, -0.15) is 0 Å². The van der Waals surface area contributed by atoms with Crippen LogP contribution in [0.4, 0.5) is 4.39 Å². The van der Waals surface area contributed by atoms with Crippen LogP contribution in [0.25, 0.3) is 5.52 Å². The third-order valence-electron chi connectivity index (χ3n) is 4.96. The van der Waals surface area contributed by atoms with E-state index in [1.165, 1.54) is 29.6 Å². The van der Waals surface area contributed by atoms with Crippen LogP contribution in [0.5, 0.6) is 0 Å². The fourth-order valence-corrected chi connectivity index (χ4v) is 3.79. The molecule has 3 heterocycles. The molecular weight excluding hydrogens is 301 g/mol. The Morgan fingerprint density at radius 1 is 1.17 bits per heavy atom. The molecule has 3 aromatic rings. The number of halogens is 1. The van der Waals surface area contributed by atoms with Gasteiger partial charge in [-0.15, -0.1) is 0 Å². The number of hydrogen-bond acceptors (Lipinski definition) is 2. The summed E-state index contributed by atoms with van der Waals surface area (Å²) in [4.78, 5) is 7.32. The summed E-state index contributed by atoms with van der Waals surface area (Å²) in [6.45, 7) is 5.05. The van der Waals surface area contributed by atoms with Gasteiger partial charge in [0, 0.05) is 25.2 Å². The molecule has 1 atom stereocenters. The number of hydrogen-bond donors (Lipinski definition) is 0. The zero-order valence-corrected chi connectivity index (χ0v) is 14.0. The van der Waals surface area contributed by atoms with Crippen LogP contribution >= 0.6 is 0 Å². The fraction of sp³-hybridized carbons (Fsp3) is 0.350. The van der Waals surface area contributed by atoms with E-state index in [0.29, 0.717) is 5.92 Å². The number of rotatable bonds is 3. The van der Waals surface area contributed by atoms with Crippen LogP contribution in [0.3, 0.4) is 0 Å². The molecule has 0 radical (unpaired) electrons. The van der Waals surface area contributed by atoms with Gasteiger partial charge in [-0.1, -0.05) is 18.2 Å². The first-order valence-corrected chi connectivity index (χ1v) is 8.61. The van der Waals surface area contributed by atoms with Gasteiger partial charge in [-0.3, -0.25) is 4.90 Å². The number of piperidine rings is 1. The normalized spacial score (nSPS) is 19.0. The summed E-state index contributed by atoms with van der Waals surface area (Å²) in [6.07, 6.45) is 4.44. The average Bonchev–Trinajstić information content (AvgIpc) is 2.95. The van der Waals surface area contributed by atoms with Gasteiger partial charge < -0.3 is 4.40 Å². The first-order valence-electron chi connectivity index (χ1n) is 8.61. The summed E-state index contributed by atoms with van der Waals surface area (Å²) in [6, 6.07) is 13.1. The number of aryl methyl sites for hydroxylation is 1. The predicted octanol–water partition coefficient (Wildman–Crippen LogP) is 4.16. The Hall–Kier alpha value is -2.20. The quantitative estimate of drug-likeness (QED) is 0.721. The van der Waals surface area contributed by atoms with Crippen molar-refractivity contribution in [3.63, 3.8) is 0 Å². The second kappa shape index (κ2) is 6.36. The number of benzene rings is 1. The largest absolute Gasteiger partial charge is 0.304 e. The molecule has 0 bridgehead atoms. The van der Waals surface area contributed by atoms with Crippen LogP contribution in [0.1, 0.15) is 35.8 Å². The molecule has 0 saturated carbocycles. The third-order valence-corrected chi connectivity index (χ3v) is 4.96. The van der Waals surface area contributed by atoms with Crippen molar-refractivity contribution in [1.82, 2.24) is 14.3 Å². The molecule has 4 heteroatoms. The Kier molecular flexibility index (Phi) is 4.07. The van der Waals surface area contributed by atoms with E-state index in [-0.39, 0.29) is 5.82 Å². The maximum atomic E-state index is 13.1. The van der Waals surface area contributed by atoms with E-state index in [9.17, 15) is 4.39 Å². The highest BCUT2D eigenvalue weighted by atomic mass is 19.1. The van der Waals surface area contributed by atoms with E-state index in [1.54, 1.807) is 12.1 Å². The van der Waals surface area contributed by atoms with Crippen LogP contribution in [-0.4, -0.2) is 27.4 Å². The average molecular weight is 323 g/mol. The monoisotopic (exact) mass is 323 g/mol. The van der Waals surface area contributed by atoms with Crippen molar-refractivity contribution >= 4 is 5.52 Å². The molecular formula is C20H22FN3. The van der Waals surface area contributed by atoms with Gasteiger partial charge in [-0.05, 0) is 56.1 Å².